The molecule has 5 nitrogen and oxygen atoms in total. The van der Waals surface area contributed by atoms with E-state index in [1.807, 2.05) is 31.3 Å². The summed E-state index contributed by atoms with van der Waals surface area (Å²) in [5.41, 5.74) is 3.43. The molecule has 126 valence electrons. The zero-order valence-electron chi connectivity index (χ0n) is 13.5. The van der Waals surface area contributed by atoms with E-state index < -0.39 is 0 Å². The van der Waals surface area contributed by atoms with Gasteiger partial charge in [-0.3, -0.25) is 14.9 Å². The van der Waals surface area contributed by atoms with E-state index >= 15 is 0 Å². The molecule has 0 atom stereocenters. The van der Waals surface area contributed by atoms with Gasteiger partial charge in [-0.25, -0.2) is 0 Å². The number of fused-ring (bicyclic) bond motifs is 1. The molecule has 1 saturated heterocycles. The third kappa shape index (κ3) is 2.96. The molecule has 1 fully saturated rings. The summed E-state index contributed by atoms with van der Waals surface area (Å²) in [4.78, 5) is 27.7. The third-order valence-corrected chi connectivity index (χ3v) is 5.60. The van der Waals surface area contributed by atoms with Gasteiger partial charge in [0.2, 0.25) is 0 Å². The van der Waals surface area contributed by atoms with Gasteiger partial charge in [0.05, 0.1) is 0 Å². The number of likely N-dealkylation sites (N-methyl/N-ethyl adjacent to an activating group) is 1. The second kappa shape index (κ2) is 6.09. The minimum atomic E-state index is -0.212. The van der Waals surface area contributed by atoms with Crippen molar-refractivity contribution in [1.29, 1.82) is 0 Å². The number of carbonyl (C=O) groups excluding carboxylic acids is 2. The first kappa shape index (κ1) is 16.0. The van der Waals surface area contributed by atoms with Gasteiger partial charge in [0, 0.05) is 28.9 Å². The number of thiocarbonyl (C=S) groups is 1. The Morgan fingerprint density at radius 3 is 2.80 bits per heavy atom. The molecule has 4 rings (SSSR count). The fraction of sp³-hybridized carbons (Fsp3) is 0.167. The summed E-state index contributed by atoms with van der Waals surface area (Å²) in [6, 6.07) is 9.99. The van der Waals surface area contributed by atoms with Crippen molar-refractivity contribution in [2.75, 3.05) is 13.6 Å². The van der Waals surface area contributed by atoms with E-state index in [1.165, 1.54) is 0 Å². The lowest BCUT2D eigenvalue weighted by atomic mass is 9.96. The van der Waals surface area contributed by atoms with Crippen molar-refractivity contribution in [3.63, 3.8) is 0 Å². The Balaban J connectivity index is 1.63. The van der Waals surface area contributed by atoms with Crippen molar-refractivity contribution in [1.82, 2.24) is 15.5 Å². The lowest BCUT2D eigenvalue weighted by molar-refractivity contribution is -0.115. The van der Waals surface area contributed by atoms with Crippen LogP contribution in [0.3, 0.4) is 0 Å². The smallest absolute Gasteiger partial charge is 0.273 e. The highest BCUT2D eigenvalue weighted by Gasteiger charge is 2.22. The van der Waals surface area contributed by atoms with Gasteiger partial charge in [0.1, 0.15) is 5.70 Å². The first-order valence-electron chi connectivity index (χ1n) is 7.84. The van der Waals surface area contributed by atoms with Crippen molar-refractivity contribution in [2.24, 2.45) is 0 Å². The summed E-state index contributed by atoms with van der Waals surface area (Å²) in [5, 5.41) is 5.73. The van der Waals surface area contributed by atoms with Crippen molar-refractivity contribution in [3.8, 4) is 10.4 Å². The molecule has 1 aromatic heterocycles. The van der Waals surface area contributed by atoms with Crippen molar-refractivity contribution < 1.29 is 9.59 Å². The summed E-state index contributed by atoms with van der Waals surface area (Å²) in [5.74, 6) is -0.130. The molecule has 7 heteroatoms. The molecule has 0 bridgehead atoms. The maximum absolute atomic E-state index is 12.2. The van der Waals surface area contributed by atoms with Crippen LogP contribution in [-0.4, -0.2) is 35.4 Å². The SMILES string of the molecule is CN1CCc2cc(-c3ccc(/C=C4\NC(=S)NC4=O)s3)ccc2C1=O. The van der Waals surface area contributed by atoms with Crippen LogP contribution >= 0.6 is 23.6 Å². The molecular formula is C18H15N3O2S2. The Morgan fingerprint density at radius 2 is 2.04 bits per heavy atom. The van der Waals surface area contributed by atoms with E-state index in [2.05, 4.69) is 16.7 Å². The number of hydrogen-bond donors (Lipinski definition) is 2. The molecule has 0 radical (unpaired) electrons. The van der Waals surface area contributed by atoms with E-state index in [1.54, 1.807) is 22.3 Å². The van der Waals surface area contributed by atoms with Crippen LogP contribution in [0.1, 0.15) is 20.8 Å². The van der Waals surface area contributed by atoms with Gasteiger partial charge in [-0.2, -0.15) is 0 Å². The molecule has 0 unspecified atom stereocenters. The average molecular weight is 369 g/mol. The van der Waals surface area contributed by atoms with E-state index in [0.29, 0.717) is 10.8 Å². The van der Waals surface area contributed by atoms with E-state index in [0.717, 1.165) is 39.4 Å². The van der Waals surface area contributed by atoms with E-state index in [4.69, 9.17) is 12.2 Å². The molecule has 2 aliphatic rings. The molecule has 2 aliphatic heterocycles. The molecule has 0 saturated carbocycles. The fourth-order valence-electron chi connectivity index (χ4n) is 2.97. The quantitative estimate of drug-likeness (QED) is 0.630. The van der Waals surface area contributed by atoms with Crippen LogP contribution in [0.4, 0.5) is 0 Å². The van der Waals surface area contributed by atoms with Gasteiger partial charge >= 0.3 is 0 Å². The molecule has 0 aliphatic carbocycles. The van der Waals surface area contributed by atoms with Gasteiger partial charge in [0.25, 0.3) is 11.8 Å². The molecule has 3 heterocycles. The van der Waals surface area contributed by atoms with Crippen LogP contribution in [0.2, 0.25) is 0 Å². The Hall–Kier alpha value is -2.51. The summed E-state index contributed by atoms with van der Waals surface area (Å²) in [7, 11) is 1.83. The highest BCUT2D eigenvalue weighted by atomic mass is 32.1. The first-order valence-corrected chi connectivity index (χ1v) is 9.06. The predicted molar refractivity (Wildman–Crippen MR) is 102 cm³/mol. The Kier molecular flexibility index (Phi) is 3.89. The number of rotatable bonds is 2. The molecule has 1 aromatic carbocycles. The summed E-state index contributed by atoms with van der Waals surface area (Å²) in [6.07, 6.45) is 2.66. The van der Waals surface area contributed by atoms with Crippen LogP contribution in [0.5, 0.6) is 0 Å². The second-order valence-corrected chi connectivity index (χ2v) is 7.54. The summed E-state index contributed by atoms with van der Waals surface area (Å²) < 4.78 is 0. The van der Waals surface area contributed by atoms with Crippen LogP contribution in [0, 0.1) is 0 Å². The molecule has 2 amide bonds. The summed E-state index contributed by atoms with van der Waals surface area (Å²) >= 11 is 6.53. The Labute approximate surface area is 154 Å². The Morgan fingerprint density at radius 1 is 1.20 bits per heavy atom. The summed E-state index contributed by atoms with van der Waals surface area (Å²) in [6.45, 7) is 0.748. The van der Waals surface area contributed by atoms with Gasteiger partial charge in [-0.15, -0.1) is 11.3 Å². The van der Waals surface area contributed by atoms with Gasteiger partial charge in [0.15, 0.2) is 5.11 Å². The van der Waals surface area contributed by atoms with E-state index in [-0.39, 0.29) is 11.8 Å². The number of nitrogens with one attached hydrogen (secondary N) is 2. The number of nitrogens with zero attached hydrogens (tertiary/aromatic N) is 1. The lowest BCUT2D eigenvalue weighted by Gasteiger charge is -2.25. The number of carbonyl (C=O) groups is 2. The lowest BCUT2D eigenvalue weighted by Crippen LogP contribution is -2.34. The largest absolute Gasteiger partial charge is 0.341 e. The van der Waals surface area contributed by atoms with Gasteiger partial charge in [-0.1, -0.05) is 6.07 Å². The standard InChI is InChI=1S/C18H15N3O2S2/c1-21-7-6-10-8-11(2-4-13(10)17(21)23)15-5-3-12(25-15)9-14-16(22)20-18(24)19-14/h2-5,8-9H,6-7H2,1H3,(H2,19,20,22,24)/b14-9-. The normalized spacial score (nSPS) is 18.4. The molecular weight excluding hydrogens is 354 g/mol. The molecule has 2 N–H and O–H groups in total. The molecule has 2 aromatic rings. The van der Waals surface area contributed by atoms with Gasteiger partial charge in [-0.05, 0) is 60.1 Å². The highest BCUT2D eigenvalue weighted by Crippen LogP contribution is 2.32. The zero-order chi connectivity index (χ0) is 17.6. The van der Waals surface area contributed by atoms with Crippen molar-refractivity contribution >= 4 is 46.6 Å². The monoisotopic (exact) mass is 369 g/mol. The fourth-order valence-corrected chi connectivity index (χ4v) is 4.12. The van der Waals surface area contributed by atoms with Crippen LogP contribution in [0.15, 0.2) is 36.0 Å². The number of hydrogen-bond acceptors (Lipinski definition) is 4. The topological polar surface area (TPSA) is 61.4 Å². The molecule has 0 spiro atoms. The highest BCUT2D eigenvalue weighted by molar-refractivity contribution is 7.80. The third-order valence-electron chi connectivity index (χ3n) is 4.32. The van der Waals surface area contributed by atoms with Crippen molar-refractivity contribution in [3.05, 3.63) is 52.0 Å². The van der Waals surface area contributed by atoms with Crippen LogP contribution < -0.4 is 10.6 Å². The number of amides is 2. The molecule has 25 heavy (non-hydrogen) atoms. The minimum absolute atomic E-state index is 0.0821. The average Bonchev–Trinajstić information content (AvgIpc) is 3.18. The van der Waals surface area contributed by atoms with Crippen LogP contribution in [-0.2, 0) is 11.2 Å². The Bertz CT molecular complexity index is 946. The number of thiophene rings is 1. The van der Waals surface area contributed by atoms with Crippen LogP contribution in [0.25, 0.3) is 16.5 Å². The second-order valence-electron chi connectivity index (χ2n) is 6.02. The van der Waals surface area contributed by atoms with E-state index in [9.17, 15) is 9.59 Å². The first-order chi connectivity index (χ1) is 12.0. The van der Waals surface area contributed by atoms with Crippen molar-refractivity contribution in [2.45, 2.75) is 6.42 Å². The predicted octanol–water partition coefficient (Wildman–Crippen LogP) is 2.39. The maximum Gasteiger partial charge on any atom is 0.273 e. The maximum atomic E-state index is 12.2. The number of benzene rings is 1. The van der Waals surface area contributed by atoms with Gasteiger partial charge < -0.3 is 10.2 Å². The minimum Gasteiger partial charge on any atom is -0.341 e. The zero-order valence-corrected chi connectivity index (χ0v) is 15.1.